The van der Waals surface area contributed by atoms with Gasteiger partial charge in [0, 0.05) is 24.0 Å². The van der Waals surface area contributed by atoms with Crippen LogP contribution in [0.5, 0.6) is 0 Å². The van der Waals surface area contributed by atoms with E-state index >= 15 is 0 Å². The van der Waals surface area contributed by atoms with Gasteiger partial charge in [-0.25, -0.2) is 4.98 Å². The largest absolute Gasteiger partial charge is 0.336 e. The van der Waals surface area contributed by atoms with E-state index in [0.717, 1.165) is 18.2 Å². The first-order valence-electron chi connectivity index (χ1n) is 6.44. The number of nitrogens with zero attached hydrogens (tertiary/aromatic N) is 2. The number of carbonyl (C=O) groups is 1. The Hall–Kier alpha value is -1.16. The number of amides is 1. The summed E-state index contributed by atoms with van der Waals surface area (Å²) in [6, 6.07) is 0.255. The Morgan fingerprint density at radius 3 is 2.89 bits per heavy atom. The Morgan fingerprint density at radius 2 is 2.39 bits per heavy atom. The summed E-state index contributed by atoms with van der Waals surface area (Å²) in [7, 11) is 0. The molecule has 1 aromatic rings. The summed E-state index contributed by atoms with van der Waals surface area (Å²) in [6.07, 6.45) is 4.69. The smallest absolute Gasteiger partial charge is 0.246 e. The van der Waals surface area contributed by atoms with E-state index in [-0.39, 0.29) is 11.9 Å². The molecule has 0 aromatic carbocycles. The zero-order valence-corrected chi connectivity index (χ0v) is 12.0. The van der Waals surface area contributed by atoms with E-state index in [9.17, 15) is 4.79 Å². The molecule has 0 unspecified atom stereocenters. The van der Waals surface area contributed by atoms with Crippen LogP contribution >= 0.6 is 11.3 Å². The summed E-state index contributed by atoms with van der Waals surface area (Å²) >= 11 is 1.54. The summed E-state index contributed by atoms with van der Waals surface area (Å²) in [5.74, 6) is 1.57. The second-order valence-electron chi connectivity index (χ2n) is 5.30. The molecule has 0 N–H and O–H groups in total. The molecule has 0 bridgehead atoms. The van der Waals surface area contributed by atoms with Crippen molar-refractivity contribution in [2.75, 3.05) is 6.54 Å². The van der Waals surface area contributed by atoms with Gasteiger partial charge >= 0.3 is 0 Å². The van der Waals surface area contributed by atoms with Crippen molar-refractivity contribution in [3.63, 3.8) is 0 Å². The van der Waals surface area contributed by atoms with E-state index < -0.39 is 0 Å². The van der Waals surface area contributed by atoms with Crippen molar-refractivity contribution >= 4 is 23.3 Å². The lowest BCUT2D eigenvalue weighted by atomic mass is 10.2. The average Bonchev–Trinajstić information content (AvgIpc) is 2.81. The molecule has 1 fully saturated rings. The van der Waals surface area contributed by atoms with Gasteiger partial charge in [0.2, 0.25) is 5.91 Å². The molecule has 98 valence electrons. The SMILES string of the molecule is CC(C)N(C[C@@H]1C[C@H]1C)C(=O)/C=C\c1cscn1. The van der Waals surface area contributed by atoms with Gasteiger partial charge in [0.05, 0.1) is 11.2 Å². The predicted octanol–water partition coefficient (Wildman–Crippen LogP) is 3.05. The third-order valence-corrected chi connectivity index (χ3v) is 4.07. The van der Waals surface area contributed by atoms with Crippen molar-refractivity contribution in [3.8, 4) is 0 Å². The number of hydrogen-bond donors (Lipinski definition) is 0. The van der Waals surface area contributed by atoms with Gasteiger partial charge in [-0.1, -0.05) is 6.92 Å². The lowest BCUT2D eigenvalue weighted by molar-refractivity contribution is -0.127. The van der Waals surface area contributed by atoms with Crippen LogP contribution in [0.3, 0.4) is 0 Å². The predicted molar refractivity (Wildman–Crippen MR) is 75.3 cm³/mol. The average molecular weight is 264 g/mol. The third kappa shape index (κ3) is 3.42. The Balaban J connectivity index is 1.95. The number of rotatable bonds is 5. The number of thiazole rings is 1. The maximum Gasteiger partial charge on any atom is 0.246 e. The second kappa shape index (κ2) is 5.65. The van der Waals surface area contributed by atoms with Gasteiger partial charge < -0.3 is 4.90 Å². The normalized spacial score (nSPS) is 22.7. The van der Waals surface area contributed by atoms with Crippen molar-refractivity contribution in [1.29, 1.82) is 0 Å². The van der Waals surface area contributed by atoms with Crippen molar-refractivity contribution in [2.24, 2.45) is 11.8 Å². The summed E-state index contributed by atoms with van der Waals surface area (Å²) in [6.45, 7) is 7.28. The fraction of sp³-hybridized carbons (Fsp3) is 0.571. The van der Waals surface area contributed by atoms with Gasteiger partial charge in [-0.05, 0) is 38.2 Å². The summed E-state index contributed by atoms with van der Waals surface area (Å²) in [5.41, 5.74) is 2.63. The third-order valence-electron chi connectivity index (χ3n) is 3.46. The molecular formula is C14H20N2OS. The van der Waals surface area contributed by atoms with Crippen LogP contribution in [-0.2, 0) is 4.79 Å². The highest BCUT2D eigenvalue weighted by atomic mass is 32.1. The minimum Gasteiger partial charge on any atom is -0.336 e. The van der Waals surface area contributed by atoms with Crippen LogP contribution in [0, 0.1) is 11.8 Å². The molecule has 4 heteroatoms. The van der Waals surface area contributed by atoms with Crippen molar-refractivity contribution in [3.05, 3.63) is 22.7 Å². The maximum absolute atomic E-state index is 12.2. The fourth-order valence-electron chi connectivity index (χ4n) is 2.02. The lowest BCUT2D eigenvalue weighted by Crippen LogP contribution is -2.37. The van der Waals surface area contributed by atoms with Gasteiger partial charge in [-0.3, -0.25) is 4.79 Å². The van der Waals surface area contributed by atoms with E-state index in [2.05, 4.69) is 25.8 Å². The zero-order valence-electron chi connectivity index (χ0n) is 11.2. The Bertz CT molecular complexity index is 425. The highest BCUT2D eigenvalue weighted by molar-refractivity contribution is 7.07. The Labute approximate surface area is 113 Å². The molecule has 1 saturated carbocycles. The Morgan fingerprint density at radius 1 is 1.67 bits per heavy atom. The van der Waals surface area contributed by atoms with Crippen LogP contribution < -0.4 is 0 Å². The van der Waals surface area contributed by atoms with E-state index in [1.807, 2.05) is 10.3 Å². The van der Waals surface area contributed by atoms with Gasteiger partial charge in [0.25, 0.3) is 0 Å². The molecule has 3 nitrogen and oxygen atoms in total. The van der Waals surface area contributed by atoms with E-state index in [1.54, 1.807) is 17.7 Å². The molecule has 18 heavy (non-hydrogen) atoms. The van der Waals surface area contributed by atoms with Gasteiger partial charge in [0.1, 0.15) is 0 Å². The minimum absolute atomic E-state index is 0.0945. The van der Waals surface area contributed by atoms with Gasteiger partial charge in [-0.15, -0.1) is 11.3 Å². The molecule has 1 aliphatic carbocycles. The molecular weight excluding hydrogens is 244 g/mol. The molecule has 0 radical (unpaired) electrons. The minimum atomic E-state index is 0.0945. The summed E-state index contributed by atoms with van der Waals surface area (Å²) < 4.78 is 0. The zero-order chi connectivity index (χ0) is 13.1. The molecule has 2 rings (SSSR count). The van der Waals surface area contributed by atoms with Gasteiger partial charge in [0.15, 0.2) is 0 Å². The van der Waals surface area contributed by atoms with E-state index in [4.69, 9.17) is 0 Å². The van der Waals surface area contributed by atoms with Gasteiger partial charge in [-0.2, -0.15) is 0 Å². The number of hydrogen-bond acceptors (Lipinski definition) is 3. The highest BCUT2D eigenvalue weighted by Gasteiger charge is 2.35. The van der Waals surface area contributed by atoms with Crippen LogP contribution in [0.2, 0.25) is 0 Å². The number of carbonyl (C=O) groups excluding carboxylic acids is 1. The fourth-order valence-corrected chi connectivity index (χ4v) is 2.54. The second-order valence-corrected chi connectivity index (χ2v) is 6.02. The van der Waals surface area contributed by atoms with Crippen LogP contribution in [0.25, 0.3) is 6.08 Å². The number of aromatic nitrogens is 1. The molecule has 1 aliphatic rings. The standard InChI is InChI=1S/C14H20N2OS/c1-10(2)16(7-12-6-11(12)3)14(17)5-4-13-8-18-9-15-13/h4-5,8-12H,6-7H2,1-3H3/b5-4-/t11-,12+/m1/s1. The monoisotopic (exact) mass is 264 g/mol. The Kier molecular flexibility index (Phi) is 4.17. The molecule has 0 aliphatic heterocycles. The van der Waals surface area contributed by atoms with Crippen LogP contribution in [-0.4, -0.2) is 28.4 Å². The molecule has 1 amide bonds. The van der Waals surface area contributed by atoms with E-state index in [1.165, 1.54) is 17.8 Å². The molecule has 1 heterocycles. The van der Waals surface area contributed by atoms with Crippen molar-refractivity contribution < 1.29 is 4.79 Å². The van der Waals surface area contributed by atoms with Crippen LogP contribution in [0.15, 0.2) is 17.0 Å². The first-order valence-corrected chi connectivity index (χ1v) is 7.39. The highest BCUT2D eigenvalue weighted by Crippen LogP contribution is 2.38. The summed E-state index contributed by atoms with van der Waals surface area (Å²) in [4.78, 5) is 18.3. The van der Waals surface area contributed by atoms with Crippen molar-refractivity contribution in [2.45, 2.75) is 33.2 Å². The van der Waals surface area contributed by atoms with Crippen LogP contribution in [0.4, 0.5) is 0 Å². The molecule has 1 aromatic heterocycles. The summed E-state index contributed by atoms with van der Waals surface area (Å²) in [5, 5.41) is 1.94. The molecule has 2 atom stereocenters. The first kappa shape index (κ1) is 13.3. The van der Waals surface area contributed by atoms with E-state index in [0.29, 0.717) is 5.92 Å². The maximum atomic E-state index is 12.2. The quantitative estimate of drug-likeness (QED) is 0.766. The molecule has 0 saturated heterocycles. The topological polar surface area (TPSA) is 33.2 Å². The lowest BCUT2D eigenvalue weighted by Gasteiger charge is -2.25. The first-order chi connectivity index (χ1) is 8.58. The van der Waals surface area contributed by atoms with Crippen LogP contribution in [0.1, 0.15) is 32.9 Å². The molecule has 0 spiro atoms. The van der Waals surface area contributed by atoms with Crippen molar-refractivity contribution in [1.82, 2.24) is 9.88 Å².